The molecular weight excluding hydrogens is 348 g/mol. The quantitative estimate of drug-likeness (QED) is 0.605. The van der Waals surface area contributed by atoms with Crippen LogP contribution in [0.1, 0.15) is 48.7 Å². The molecular formula is C18H18BrClO. The summed E-state index contributed by atoms with van der Waals surface area (Å²) in [6.45, 7) is 6.59. The van der Waals surface area contributed by atoms with Crippen LogP contribution in [0.3, 0.4) is 0 Å². The van der Waals surface area contributed by atoms with E-state index in [0.717, 1.165) is 10.9 Å². The zero-order chi connectivity index (χ0) is 15.6. The SMILES string of the molecule is CCC(C)(C)c1ccc(C(=O)c2ccc(Cl)cc2Br)cc1. The highest BCUT2D eigenvalue weighted by atomic mass is 79.9. The average Bonchev–Trinajstić information content (AvgIpc) is 2.47. The first-order chi connectivity index (χ1) is 9.85. The van der Waals surface area contributed by atoms with Crippen LogP contribution in [0.2, 0.25) is 5.02 Å². The third-order valence-electron chi connectivity index (χ3n) is 3.99. The Morgan fingerprint density at radius 3 is 2.29 bits per heavy atom. The van der Waals surface area contributed by atoms with Crippen LogP contribution in [0, 0.1) is 0 Å². The summed E-state index contributed by atoms with van der Waals surface area (Å²) in [5, 5.41) is 0.610. The summed E-state index contributed by atoms with van der Waals surface area (Å²) < 4.78 is 0.720. The van der Waals surface area contributed by atoms with Crippen LogP contribution in [-0.2, 0) is 5.41 Å². The summed E-state index contributed by atoms with van der Waals surface area (Å²) in [4.78, 5) is 12.5. The van der Waals surface area contributed by atoms with E-state index < -0.39 is 0 Å². The minimum atomic E-state index is -0.000559. The molecule has 0 aliphatic rings. The summed E-state index contributed by atoms with van der Waals surface area (Å²) in [5.74, 6) is -0.000559. The fourth-order valence-electron chi connectivity index (χ4n) is 2.11. The first-order valence-electron chi connectivity index (χ1n) is 6.95. The van der Waals surface area contributed by atoms with Gasteiger partial charge in [0, 0.05) is 20.6 Å². The molecule has 0 N–H and O–H groups in total. The third-order valence-corrected chi connectivity index (χ3v) is 4.88. The van der Waals surface area contributed by atoms with E-state index in [9.17, 15) is 4.79 Å². The zero-order valence-corrected chi connectivity index (χ0v) is 14.8. The molecule has 0 bridgehead atoms. The van der Waals surface area contributed by atoms with Gasteiger partial charge in [0.05, 0.1) is 0 Å². The molecule has 0 heterocycles. The molecule has 2 aromatic rings. The van der Waals surface area contributed by atoms with E-state index in [1.54, 1.807) is 18.2 Å². The van der Waals surface area contributed by atoms with E-state index in [0.29, 0.717) is 16.1 Å². The maximum absolute atomic E-state index is 12.5. The van der Waals surface area contributed by atoms with Crippen molar-refractivity contribution in [3.63, 3.8) is 0 Å². The largest absolute Gasteiger partial charge is 0.289 e. The van der Waals surface area contributed by atoms with Gasteiger partial charge in [0.15, 0.2) is 5.78 Å². The van der Waals surface area contributed by atoms with Gasteiger partial charge < -0.3 is 0 Å². The van der Waals surface area contributed by atoms with Crippen LogP contribution >= 0.6 is 27.5 Å². The number of ketones is 1. The van der Waals surface area contributed by atoms with Gasteiger partial charge in [-0.05, 0) is 51.5 Å². The minimum absolute atomic E-state index is 0.000559. The maximum atomic E-state index is 12.5. The van der Waals surface area contributed by atoms with Crippen molar-refractivity contribution in [2.24, 2.45) is 0 Å². The van der Waals surface area contributed by atoms with Gasteiger partial charge in [-0.25, -0.2) is 0 Å². The molecule has 0 fully saturated rings. The van der Waals surface area contributed by atoms with E-state index in [1.165, 1.54) is 5.56 Å². The van der Waals surface area contributed by atoms with Crippen LogP contribution in [0.5, 0.6) is 0 Å². The zero-order valence-electron chi connectivity index (χ0n) is 12.4. The molecule has 3 heteroatoms. The van der Waals surface area contributed by atoms with Gasteiger partial charge in [-0.2, -0.15) is 0 Å². The molecule has 21 heavy (non-hydrogen) atoms. The number of rotatable bonds is 4. The standard InChI is InChI=1S/C18H18BrClO/c1-4-18(2,3)13-7-5-12(6-8-13)17(21)15-10-9-14(20)11-16(15)19/h5-11H,4H2,1-3H3. The van der Waals surface area contributed by atoms with Crippen LogP contribution in [0.25, 0.3) is 0 Å². The molecule has 0 saturated heterocycles. The lowest BCUT2D eigenvalue weighted by Gasteiger charge is -2.23. The van der Waals surface area contributed by atoms with Gasteiger partial charge in [-0.3, -0.25) is 4.79 Å². The van der Waals surface area contributed by atoms with Crippen LogP contribution < -0.4 is 0 Å². The van der Waals surface area contributed by atoms with Crippen molar-refractivity contribution in [1.29, 1.82) is 0 Å². The molecule has 0 aromatic heterocycles. The van der Waals surface area contributed by atoms with Gasteiger partial charge in [-0.15, -0.1) is 0 Å². The monoisotopic (exact) mass is 364 g/mol. The van der Waals surface area contributed by atoms with Crippen molar-refractivity contribution in [3.8, 4) is 0 Å². The lowest BCUT2D eigenvalue weighted by atomic mass is 9.82. The highest BCUT2D eigenvalue weighted by Crippen LogP contribution is 2.28. The normalized spacial score (nSPS) is 11.5. The van der Waals surface area contributed by atoms with Crippen molar-refractivity contribution >= 4 is 33.3 Å². The van der Waals surface area contributed by atoms with E-state index in [1.807, 2.05) is 24.3 Å². The van der Waals surface area contributed by atoms with Gasteiger partial charge in [0.1, 0.15) is 0 Å². The Morgan fingerprint density at radius 1 is 1.14 bits per heavy atom. The van der Waals surface area contributed by atoms with E-state index in [4.69, 9.17) is 11.6 Å². The van der Waals surface area contributed by atoms with Crippen molar-refractivity contribution in [2.75, 3.05) is 0 Å². The van der Waals surface area contributed by atoms with Crippen LogP contribution in [0.4, 0.5) is 0 Å². The Kier molecular flexibility index (Phi) is 4.90. The molecule has 0 amide bonds. The van der Waals surface area contributed by atoms with Gasteiger partial charge in [-0.1, -0.05) is 56.6 Å². The second-order valence-corrected chi connectivity index (χ2v) is 7.06. The molecule has 2 aromatic carbocycles. The van der Waals surface area contributed by atoms with Crippen LogP contribution in [-0.4, -0.2) is 5.78 Å². The molecule has 0 unspecified atom stereocenters. The third kappa shape index (κ3) is 3.56. The second-order valence-electron chi connectivity index (χ2n) is 5.77. The van der Waals surface area contributed by atoms with Crippen LogP contribution in [0.15, 0.2) is 46.9 Å². The topological polar surface area (TPSA) is 17.1 Å². The molecule has 0 saturated carbocycles. The Balaban J connectivity index is 2.32. The molecule has 0 aliphatic heterocycles. The summed E-state index contributed by atoms with van der Waals surface area (Å²) in [6.07, 6.45) is 1.06. The number of carbonyl (C=O) groups excluding carboxylic acids is 1. The van der Waals surface area contributed by atoms with Crippen molar-refractivity contribution in [2.45, 2.75) is 32.6 Å². The molecule has 0 aliphatic carbocycles. The van der Waals surface area contributed by atoms with E-state index in [-0.39, 0.29) is 11.2 Å². The summed E-state index contributed by atoms with van der Waals surface area (Å²) in [6, 6.07) is 13.1. The van der Waals surface area contributed by atoms with Gasteiger partial charge in [0.2, 0.25) is 0 Å². The Morgan fingerprint density at radius 2 is 1.76 bits per heavy atom. The van der Waals surface area contributed by atoms with Crippen molar-refractivity contribution in [1.82, 2.24) is 0 Å². The Hall–Kier alpha value is -1.12. The molecule has 0 atom stereocenters. The smallest absolute Gasteiger partial charge is 0.194 e. The first-order valence-corrected chi connectivity index (χ1v) is 8.12. The van der Waals surface area contributed by atoms with Crippen molar-refractivity contribution < 1.29 is 4.79 Å². The summed E-state index contributed by atoms with van der Waals surface area (Å²) in [7, 11) is 0. The number of carbonyl (C=O) groups is 1. The predicted octanol–water partition coefficient (Wildman–Crippen LogP) is 6.02. The molecule has 0 radical (unpaired) electrons. The second kappa shape index (κ2) is 6.33. The lowest BCUT2D eigenvalue weighted by molar-refractivity contribution is 0.103. The summed E-state index contributed by atoms with van der Waals surface area (Å²) >= 11 is 9.31. The fraction of sp³-hybridized carbons (Fsp3) is 0.278. The Bertz CT molecular complexity index is 659. The number of halogens is 2. The van der Waals surface area contributed by atoms with Crippen molar-refractivity contribution in [3.05, 3.63) is 68.7 Å². The molecule has 110 valence electrons. The average molecular weight is 366 g/mol. The Labute approximate surface area is 139 Å². The highest BCUT2D eigenvalue weighted by Gasteiger charge is 2.19. The first kappa shape index (κ1) is 16.3. The maximum Gasteiger partial charge on any atom is 0.194 e. The van der Waals surface area contributed by atoms with E-state index >= 15 is 0 Å². The van der Waals surface area contributed by atoms with Gasteiger partial charge >= 0.3 is 0 Å². The molecule has 2 rings (SSSR count). The summed E-state index contributed by atoms with van der Waals surface area (Å²) in [5.41, 5.74) is 2.69. The minimum Gasteiger partial charge on any atom is -0.289 e. The predicted molar refractivity (Wildman–Crippen MR) is 92.3 cm³/mol. The number of hydrogen-bond acceptors (Lipinski definition) is 1. The lowest BCUT2D eigenvalue weighted by Crippen LogP contribution is -2.15. The highest BCUT2D eigenvalue weighted by molar-refractivity contribution is 9.10. The molecule has 1 nitrogen and oxygen atoms in total. The number of hydrogen-bond donors (Lipinski definition) is 0. The van der Waals surface area contributed by atoms with E-state index in [2.05, 4.69) is 36.7 Å². The van der Waals surface area contributed by atoms with Gasteiger partial charge in [0.25, 0.3) is 0 Å². The fourth-order valence-corrected chi connectivity index (χ4v) is 2.97. The number of benzene rings is 2. The molecule has 0 spiro atoms.